The van der Waals surface area contributed by atoms with Crippen LogP contribution in [0.5, 0.6) is 11.6 Å². The Bertz CT molecular complexity index is 1200. The molecule has 2 aromatic carbocycles. The lowest BCUT2D eigenvalue weighted by atomic mass is 10.0. The predicted molar refractivity (Wildman–Crippen MR) is 128 cm³/mol. The molecular formula is C25H25ClFN5O2. The van der Waals surface area contributed by atoms with Gasteiger partial charge in [0.2, 0.25) is 11.8 Å². The number of carbonyl (C=O) groups excluding carboxylic acids is 1. The van der Waals surface area contributed by atoms with Gasteiger partial charge >= 0.3 is 0 Å². The monoisotopic (exact) mass is 481 g/mol. The van der Waals surface area contributed by atoms with Gasteiger partial charge in [0.15, 0.2) is 0 Å². The minimum atomic E-state index is -0.341. The molecule has 0 N–H and O–H groups in total. The van der Waals surface area contributed by atoms with Crippen molar-refractivity contribution >= 4 is 23.5 Å². The average Bonchev–Trinajstić information content (AvgIpc) is 2.85. The zero-order chi connectivity index (χ0) is 23.7. The van der Waals surface area contributed by atoms with E-state index in [2.05, 4.69) is 16.8 Å². The first-order valence-corrected chi connectivity index (χ1v) is 11.7. The Morgan fingerprint density at radius 2 is 1.74 bits per heavy atom. The molecule has 2 aliphatic heterocycles. The normalized spacial score (nSPS) is 16.3. The minimum absolute atomic E-state index is 0.146. The van der Waals surface area contributed by atoms with E-state index in [1.807, 2.05) is 0 Å². The second kappa shape index (κ2) is 9.56. The van der Waals surface area contributed by atoms with Crippen LogP contribution in [0.2, 0.25) is 5.02 Å². The number of hydrogen-bond acceptors (Lipinski definition) is 6. The van der Waals surface area contributed by atoms with Crippen LogP contribution in [0.15, 0.2) is 48.5 Å². The summed E-state index contributed by atoms with van der Waals surface area (Å²) in [6.07, 6.45) is 0.578. The first kappa shape index (κ1) is 22.6. The maximum Gasteiger partial charge on any atom is 0.255 e. The van der Waals surface area contributed by atoms with Crippen molar-refractivity contribution in [3.05, 3.63) is 76.2 Å². The first-order chi connectivity index (χ1) is 16.5. The highest BCUT2D eigenvalue weighted by Crippen LogP contribution is 2.32. The van der Waals surface area contributed by atoms with E-state index in [0.29, 0.717) is 47.7 Å². The van der Waals surface area contributed by atoms with Crippen molar-refractivity contribution in [1.29, 1.82) is 0 Å². The minimum Gasteiger partial charge on any atom is -0.438 e. The molecule has 1 saturated heterocycles. The second-order valence-corrected chi connectivity index (χ2v) is 8.96. The lowest BCUT2D eigenvalue weighted by Gasteiger charge is -2.34. The summed E-state index contributed by atoms with van der Waals surface area (Å²) in [5, 5.41) is 0.419. The molecule has 0 saturated carbocycles. The lowest BCUT2D eigenvalue weighted by Crippen LogP contribution is -2.45. The summed E-state index contributed by atoms with van der Waals surface area (Å²) in [5.41, 5.74) is 2.08. The number of ether oxygens (including phenoxy) is 1. The van der Waals surface area contributed by atoms with Crippen molar-refractivity contribution in [2.75, 3.05) is 44.7 Å². The molecule has 0 aliphatic carbocycles. The average molecular weight is 482 g/mol. The number of halogens is 2. The molecule has 1 fully saturated rings. The Balaban J connectivity index is 1.48. The number of benzene rings is 2. The third-order valence-electron chi connectivity index (χ3n) is 6.22. The number of hydrogen-bond donors (Lipinski definition) is 0. The number of fused-ring (bicyclic) bond motifs is 1. The highest BCUT2D eigenvalue weighted by Gasteiger charge is 2.29. The topological polar surface area (TPSA) is 61.8 Å². The first-order valence-electron chi connectivity index (χ1n) is 11.3. The highest BCUT2D eigenvalue weighted by molar-refractivity contribution is 6.33. The number of likely N-dealkylation sites (N-methyl/N-ethyl adjacent to an activating group) is 1. The predicted octanol–water partition coefficient (Wildman–Crippen LogP) is 4.01. The van der Waals surface area contributed by atoms with Gasteiger partial charge in [0.25, 0.3) is 5.91 Å². The van der Waals surface area contributed by atoms with E-state index in [0.717, 1.165) is 37.4 Å². The van der Waals surface area contributed by atoms with E-state index in [9.17, 15) is 9.18 Å². The van der Waals surface area contributed by atoms with Gasteiger partial charge in [-0.3, -0.25) is 4.79 Å². The molecule has 176 valence electrons. The second-order valence-electron chi connectivity index (χ2n) is 8.56. The summed E-state index contributed by atoms with van der Waals surface area (Å²) in [4.78, 5) is 29.0. The van der Waals surface area contributed by atoms with E-state index in [1.165, 1.54) is 12.1 Å². The van der Waals surface area contributed by atoms with Gasteiger partial charge in [0.05, 0.1) is 28.4 Å². The summed E-state index contributed by atoms with van der Waals surface area (Å²) < 4.78 is 19.5. The molecule has 7 nitrogen and oxygen atoms in total. The highest BCUT2D eigenvalue weighted by atomic mass is 35.5. The molecular weight excluding hydrogens is 457 g/mol. The van der Waals surface area contributed by atoms with Crippen molar-refractivity contribution in [2.45, 2.75) is 13.0 Å². The van der Waals surface area contributed by atoms with Gasteiger partial charge in [-0.25, -0.2) is 9.37 Å². The maximum absolute atomic E-state index is 13.4. The molecule has 0 bridgehead atoms. The molecule has 0 radical (unpaired) electrons. The van der Waals surface area contributed by atoms with E-state index in [4.69, 9.17) is 26.3 Å². The molecule has 0 atom stereocenters. The van der Waals surface area contributed by atoms with Gasteiger partial charge < -0.3 is 19.4 Å². The number of amides is 1. The van der Waals surface area contributed by atoms with Crippen LogP contribution < -0.4 is 9.64 Å². The number of piperazine rings is 1. The fourth-order valence-electron chi connectivity index (χ4n) is 4.20. The van der Waals surface area contributed by atoms with E-state index < -0.39 is 0 Å². The van der Waals surface area contributed by atoms with Crippen LogP contribution in [-0.2, 0) is 13.0 Å². The summed E-state index contributed by atoms with van der Waals surface area (Å²) in [6.45, 7) is 4.32. The SMILES string of the molecule is CN1CCN(c2nc3c(c(Oc4ccc(F)cc4)n2)CN(C(=O)c2ccccc2Cl)CC3)CC1. The molecule has 3 aromatic rings. The zero-order valence-corrected chi connectivity index (χ0v) is 19.6. The van der Waals surface area contributed by atoms with Crippen molar-refractivity contribution in [2.24, 2.45) is 0 Å². The lowest BCUT2D eigenvalue weighted by molar-refractivity contribution is 0.0732. The van der Waals surface area contributed by atoms with Gasteiger partial charge in [0.1, 0.15) is 11.6 Å². The van der Waals surface area contributed by atoms with Gasteiger partial charge in [-0.15, -0.1) is 0 Å². The van der Waals surface area contributed by atoms with Crippen molar-refractivity contribution in [3.8, 4) is 11.6 Å². The Hall–Kier alpha value is -3.23. The summed E-state index contributed by atoms with van der Waals surface area (Å²) >= 11 is 6.27. The van der Waals surface area contributed by atoms with E-state index in [1.54, 1.807) is 41.3 Å². The Labute approximate surface area is 202 Å². The molecule has 3 heterocycles. The van der Waals surface area contributed by atoms with E-state index >= 15 is 0 Å². The number of aromatic nitrogens is 2. The molecule has 5 rings (SSSR count). The third-order valence-corrected chi connectivity index (χ3v) is 6.55. The number of nitrogens with zero attached hydrogens (tertiary/aromatic N) is 5. The van der Waals surface area contributed by atoms with Crippen LogP contribution in [0.1, 0.15) is 21.6 Å². The maximum atomic E-state index is 13.4. The van der Waals surface area contributed by atoms with Crippen LogP contribution in [0.4, 0.5) is 10.3 Å². The fourth-order valence-corrected chi connectivity index (χ4v) is 4.41. The molecule has 2 aliphatic rings. The van der Waals surface area contributed by atoms with Gasteiger partial charge in [-0.05, 0) is 43.4 Å². The Morgan fingerprint density at radius 1 is 1.00 bits per heavy atom. The number of anilines is 1. The largest absolute Gasteiger partial charge is 0.438 e. The molecule has 0 spiro atoms. The Morgan fingerprint density at radius 3 is 2.47 bits per heavy atom. The Kier molecular flexibility index (Phi) is 6.34. The number of carbonyl (C=O) groups is 1. The summed E-state index contributed by atoms with van der Waals surface area (Å²) in [7, 11) is 2.10. The van der Waals surface area contributed by atoms with E-state index in [-0.39, 0.29) is 11.7 Å². The molecule has 9 heteroatoms. The van der Waals surface area contributed by atoms with Crippen LogP contribution >= 0.6 is 11.6 Å². The molecule has 34 heavy (non-hydrogen) atoms. The fraction of sp³-hybridized carbons (Fsp3) is 0.320. The summed E-state index contributed by atoms with van der Waals surface area (Å²) in [5.74, 6) is 0.997. The third kappa shape index (κ3) is 4.69. The molecule has 1 aromatic heterocycles. The van der Waals surface area contributed by atoms with Gasteiger partial charge in [-0.2, -0.15) is 4.98 Å². The van der Waals surface area contributed by atoms with Crippen LogP contribution in [-0.4, -0.2) is 65.4 Å². The standard InChI is InChI=1S/C25H25ClFN5O2/c1-30-12-14-31(15-13-30)25-28-22-10-11-32(24(33)19-4-2-3-5-21(19)26)16-20(22)23(29-25)34-18-8-6-17(27)7-9-18/h2-9H,10-16H2,1H3. The van der Waals surface area contributed by atoms with Crippen LogP contribution in [0.25, 0.3) is 0 Å². The smallest absolute Gasteiger partial charge is 0.255 e. The zero-order valence-electron chi connectivity index (χ0n) is 18.9. The quantitative estimate of drug-likeness (QED) is 0.561. The summed E-state index contributed by atoms with van der Waals surface area (Å²) in [6, 6.07) is 12.8. The van der Waals surface area contributed by atoms with Crippen molar-refractivity contribution in [3.63, 3.8) is 0 Å². The number of rotatable bonds is 4. The van der Waals surface area contributed by atoms with Gasteiger partial charge in [0, 0.05) is 39.1 Å². The van der Waals surface area contributed by atoms with Crippen molar-refractivity contribution < 1.29 is 13.9 Å². The van der Waals surface area contributed by atoms with Crippen LogP contribution in [0.3, 0.4) is 0 Å². The molecule has 1 amide bonds. The van der Waals surface area contributed by atoms with Crippen molar-refractivity contribution in [1.82, 2.24) is 19.8 Å². The molecule has 0 unspecified atom stereocenters. The van der Waals surface area contributed by atoms with Crippen LogP contribution in [0, 0.1) is 5.82 Å². The van der Waals surface area contributed by atoms with Gasteiger partial charge in [-0.1, -0.05) is 23.7 Å².